The van der Waals surface area contributed by atoms with E-state index in [4.69, 9.17) is 9.47 Å². The van der Waals surface area contributed by atoms with Crippen molar-refractivity contribution in [2.45, 2.75) is 83.1 Å². The third kappa shape index (κ3) is 3.68. The molecule has 26 heavy (non-hydrogen) atoms. The standard InChI is InChI=1S/C21H31NO4/c1-14-9-10-17(25-5)11-18(14)21(24)12-15-7-6-8-16(13-21)22(15)19(23)26-20(2,3)4/h9-11,15-16,24H,6-8,12-13H2,1-5H3. The monoisotopic (exact) mass is 361 g/mol. The smallest absolute Gasteiger partial charge is 0.410 e. The fraction of sp³-hybridized carbons (Fsp3) is 0.667. The van der Waals surface area contributed by atoms with Crippen LogP contribution < -0.4 is 4.74 Å². The summed E-state index contributed by atoms with van der Waals surface area (Å²) in [4.78, 5) is 14.6. The number of methoxy groups -OCH3 is 1. The van der Waals surface area contributed by atoms with Crippen LogP contribution in [0, 0.1) is 6.92 Å². The number of hydrogen-bond acceptors (Lipinski definition) is 4. The van der Waals surface area contributed by atoms with Gasteiger partial charge in [-0.15, -0.1) is 0 Å². The molecule has 0 aliphatic carbocycles. The molecule has 5 nitrogen and oxygen atoms in total. The van der Waals surface area contributed by atoms with Gasteiger partial charge in [-0.05, 0) is 70.2 Å². The van der Waals surface area contributed by atoms with E-state index in [2.05, 4.69) is 0 Å². The van der Waals surface area contributed by atoms with Crippen LogP contribution in [-0.4, -0.2) is 40.9 Å². The molecule has 0 spiro atoms. The molecule has 1 aromatic rings. The highest BCUT2D eigenvalue weighted by molar-refractivity contribution is 5.69. The molecule has 2 saturated heterocycles. The number of nitrogens with zero attached hydrogens (tertiary/aromatic N) is 1. The van der Waals surface area contributed by atoms with Gasteiger partial charge in [-0.25, -0.2) is 4.79 Å². The number of hydrogen-bond donors (Lipinski definition) is 1. The van der Waals surface area contributed by atoms with Crippen LogP contribution >= 0.6 is 0 Å². The zero-order chi connectivity index (χ0) is 19.1. The molecule has 5 heteroatoms. The van der Waals surface area contributed by atoms with E-state index >= 15 is 0 Å². The Morgan fingerprint density at radius 3 is 2.38 bits per heavy atom. The lowest BCUT2D eigenvalue weighted by atomic mass is 9.71. The van der Waals surface area contributed by atoms with Crippen molar-refractivity contribution in [3.63, 3.8) is 0 Å². The molecule has 2 atom stereocenters. The van der Waals surface area contributed by atoms with Gasteiger partial charge in [-0.3, -0.25) is 0 Å². The highest BCUT2D eigenvalue weighted by Crippen LogP contribution is 2.46. The van der Waals surface area contributed by atoms with Crippen LogP contribution in [0.15, 0.2) is 18.2 Å². The third-order valence-electron chi connectivity index (χ3n) is 5.56. The van der Waals surface area contributed by atoms with Gasteiger partial charge in [0.15, 0.2) is 0 Å². The second-order valence-electron chi connectivity index (χ2n) is 8.75. The molecule has 2 aliphatic rings. The molecule has 2 aliphatic heterocycles. The molecule has 2 unspecified atom stereocenters. The van der Waals surface area contributed by atoms with Crippen molar-refractivity contribution in [3.8, 4) is 5.75 Å². The van der Waals surface area contributed by atoms with E-state index in [1.807, 2.05) is 50.8 Å². The summed E-state index contributed by atoms with van der Waals surface area (Å²) < 4.78 is 11.0. The predicted octanol–water partition coefficient (Wildman–Crippen LogP) is 4.14. The molecule has 2 fully saturated rings. The zero-order valence-electron chi connectivity index (χ0n) is 16.5. The van der Waals surface area contributed by atoms with Crippen molar-refractivity contribution in [1.29, 1.82) is 0 Å². The zero-order valence-corrected chi connectivity index (χ0v) is 16.5. The summed E-state index contributed by atoms with van der Waals surface area (Å²) in [6.07, 6.45) is 3.72. The van der Waals surface area contributed by atoms with Crippen LogP contribution in [0.3, 0.4) is 0 Å². The minimum Gasteiger partial charge on any atom is -0.497 e. The van der Waals surface area contributed by atoms with E-state index in [9.17, 15) is 9.90 Å². The molecule has 1 aromatic carbocycles. The Kier molecular flexibility index (Phi) is 4.95. The maximum absolute atomic E-state index is 12.7. The quantitative estimate of drug-likeness (QED) is 0.860. The summed E-state index contributed by atoms with van der Waals surface area (Å²) in [6.45, 7) is 7.68. The number of aliphatic hydroxyl groups is 1. The van der Waals surface area contributed by atoms with Crippen LogP contribution in [0.4, 0.5) is 4.79 Å². The second-order valence-corrected chi connectivity index (χ2v) is 8.75. The van der Waals surface area contributed by atoms with E-state index in [0.29, 0.717) is 12.8 Å². The van der Waals surface area contributed by atoms with Crippen LogP contribution in [-0.2, 0) is 10.3 Å². The van der Waals surface area contributed by atoms with Crippen molar-refractivity contribution in [2.24, 2.45) is 0 Å². The number of carbonyl (C=O) groups excluding carboxylic acids is 1. The number of fused-ring (bicyclic) bond motifs is 2. The van der Waals surface area contributed by atoms with E-state index in [1.165, 1.54) is 0 Å². The van der Waals surface area contributed by atoms with Crippen LogP contribution in [0.25, 0.3) is 0 Å². The molecule has 1 amide bonds. The molecule has 1 N–H and O–H groups in total. The fourth-order valence-corrected chi connectivity index (χ4v) is 4.49. The Morgan fingerprint density at radius 1 is 1.23 bits per heavy atom. The van der Waals surface area contributed by atoms with Gasteiger partial charge in [0.05, 0.1) is 12.7 Å². The summed E-state index contributed by atoms with van der Waals surface area (Å²) in [5, 5.41) is 11.5. The maximum Gasteiger partial charge on any atom is 0.410 e. The topological polar surface area (TPSA) is 59.0 Å². The third-order valence-corrected chi connectivity index (χ3v) is 5.56. The molecule has 0 saturated carbocycles. The molecule has 0 aromatic heterocycles. The average Bonchev–Trinajstić information content (AvgIpc) is 2.52. The number of piperidine rings is 2. The summed E-state index contributed by atoms with van der Waals surface area (Å²) >= 11 is 0. The Balaban J connectivity index is 1.88. The van der Waals surface area contributed by atoms with Crippen LogP contribution in [0.2, 0.25) is 0 Å². The lowest BCUT2D eigenvalue weighted by Crippen LogP contribution is -2.59. The first kappa shape index (κ1) is 19.0. The second kappa shape index (κ2) is 6.76. The van der Waals surface area contributed by atoms with Gasteiger partial charge < -0.3 is 19.5 Å². The molecule has 2 heterocycles. The van der Waals surface area contributed by atoms with Crippen LogP contribution in [0.5, 0.6) is 5.75 Å². The summed E-state index contributed by atoms with van der Waals surface area (Å²) in [7, 11) is 1.64. The Labute approximate surface area is 156 Å². The van der Waals surface area contributed by atoms with Crippen molar-refractivity contribution in [2.75, 3.05) is 7.11 Å². The number of carbonyl (C=O) groups is 1. The van der Waals surface area contributed by atoms with Crippen molar-refractivity contribution >= 4 is 6.09 Å². The SMILES string of the molecule is COc1ccc(C)c(C2(O)CC3CCCC(C2)N3C(=O)OC(C)(C)C)c1. The lowest BCUT2D eigenvalue weighted by Gasteiger charge is -2.52. The molecule has 0 radical (unpaired) electrons. The minimum atomic E-state index is -0.938. The first-order chi connectivity index (χ1) is 12.1. The number of benzene rings is 1. The molecule has 144 valence electrons. The normalized spacial score (nSPS) is 28.6. The average molecular weight is 361 g/mol. The molecular weight excluding hydrogens is 330 g/mol. The Bertz CT molecular complexity index is 665. The number of ether oxygens (including phenoxy) is 2. The highest BCUT2D eigenvalue weighted by atomic mass is 16.6. The van der Waals surface area contributed by atoms with Crippen LogP contribution in [0.1, 0.15) is 64.0 Å². The number of rotatable bonds is 2. The molecule has 3 rings (SSSR count). The summed E-state index contributed by atoms with van der Waals surface area (Å²) in [5.41, 5.74) is 0.518. The fourth-order valence-electron chi connectivity index (χ4n) is 4.49. The highest BCUT2D eigenvalue weighted by Gasteiger charge is 2.49. The van der Waals surface area contributed by atoms with Gasteiger partial charge in [0.2, 0.25) is 0 Å². The van der Waals surface area contributed by atoms with Gasteiger partial charge in [0, 0.05) is 24.9 Å². The summed E-state index contributed by atoms with van der Waals surface area (Å²) in [5.74, 6) is 0.749. The maximum atomic E-state index is 12.7. The number of aryl methyl sites for hydroxylation is 1. The molecule has 2 bridgehead atoms. The minimum absolute atomic E-state index is 0.00736. The van der Waals surface area contributed by atoms with Crippen molar-refractivity contribution in [1.82, 2.24) is 4.90 Å². The van der Waals surface area contributed by atoms with Gasteiger partial charge >= 0.3 is 6.09 Å². The lowest BCUT2D eigenvalue weighted by molar-refractivity contribution is -0.0968. The van der Waals surface area contributed by atoms with Gasteiger partial charge in [-0.1, -0.05) is 6.07 Å². The number of amides is 1. The Hall–Kier alpha value is -1.75. The van der Waals surface area contributed by atoms with Gasteiger partial charge in [0.1, 0.15) is 11.4 Å². The largest absolute Gasteiger partial charge is 0.497 e. The van der Waals surface area contributed by atoms with Crippen molar-refractivity contribution in [3.05, 3.63) is 29.3 Å². The Morgan fingerprint density at radius 2 is 1.85 bits per heavy atom. The van der Waals surface area contributed by atoms with Crippen molar-refractivity contribution < 1.29 is 19.4 Å². The van der Waals surface area contributed by atoms with E-state index in [1.54, 1.807) is 7.11 Å². The first-order valence-electron chi connectivity index (χ1n) is 9.52. The van der Waals surface area contributed by atoms with Gasteiger partial charge in [-0.2, -0.15) is 0 Å². The van der Waals surface area contributed by atoms with Gasteiger partial charge in [0.25, 0.3) is 0 Å². The first-order valence-corrected chi connectivity index (χ1v) is 9.52. The summed E-state index contributed by atoms with van der Waals surface area (Å²) in [6, 6.07) is 5.86. The predicted molar refractivity (Wildman–Crippen MR) is 100 cm³/mol. The molecular formula is C21H31NO4. The van der Waals surface area contributed by atoms with E-state index in [-0.39, 0.29) is 18.2 Å². The van der Waals surface area contributed by atoms with E-state index < -0.39 is 11.2 Å². The van der Waals surface area contributed by atoms with E-state index in [0.717, 1.165) is 36.1 Å².